The van der Waals surface area contributed by atoms with Gasteiger partial charge < -0.3 is 14.7 Å². The van der Waals surface area contributed by atoms with Crippen LogP contribution in [0.15, 0.2) is 24.5 Å². The SMILES string of the molecule is N#Cc1ccc(N2C[C@@H](C(F)(F)F)O[C@@H](C(=O)O)C2)c2nccnc12. The first-order valence-corrected chi connectivity index (χ1v) is 7.15. The molecule has 1 fully saturated rings. The second-order valence-corrected chi connectivity index (χ2v) is 5.40. The van der Waals surface area contributed by atoms with Crippen molar-refractivity contribution in [3.8, 4) is 6.07 Å². The minimum Gasteiger partial charge on any atom is -0.479 e. The number of fused-ring (bicyclic) bond motifs is 1. The number of aromatic nitrogens is 2. The predicted molar refractivity (Wildman–Crippen MR) is 78.8 cm³/mol. The maximum absolute atomic E-state index is 13.1. The number of hydrogen-bond donors (Lipinski definition) is 1. The summed E-state index contributed by atoms with van der Waals surface area (Å²) in [5, 5.41) is 18.2. The summed E-state index contributed by atoms with van der Waals surface area (Å²) in [5.41, 5.74) is 0.964. The molecule has 1 aromatic carbocycles. The molecule has 130 valence electrons. The third-order valence-corrected chi connectivity index (χ3v) is 3.81. The molecule has 2 heterocycles. The summed E-state index contributed by atoms with van der Waals surface area (Å²) in [7, 11) is 0. The van der Waals surface area contributed by atoms with Gasteiger partial charge in [0.1, 0.15) is 17.1 Å². The summed E-state index contributed by atoms with van der Waals surface area (Å²) in [6.45, 7) is -0.857. The van der Waals surface area contributed by atoms with Crippen molar-refractivity contribution in [2.24, 2.45) is 0 Å². The lowest BCUT2D eigenvalue weighted by Gasteiger charge is -2.38. The van der Waals surface area contributed by atoms with E-state index in [9.17, 15) is 18.0 Å². The molecule has 0 radical (unpaired) electrons. The number of nitrogens with zero attached hydrogens (tertiary/aromatic N) is 4. The zero-order valence-corrected chi connectivity index (χ0v) is 12.6. The number of hydrogen-bond acceptors (Lipinski definition) is 6. The Balaban J connectivity index is 2.07. The van der Waals surface area contributed by atoms with E-state index >= 15 is 0 Å². The number of morpholine rings is 1. The number of carbonyl (C=O) groups is 1. The van der Waals surface area contributed by atoms with Gasteiger partial charge in [-0.15, -0.1) is 0 Å². The highest BCUT2D eigenvalue weighted by atomic mass is 19.4. The molecule has 0 saturated carbocycles. The first-order valence-electron chi connectivity index (χ1n) is 7.15. The van der Waals surface area contributed by atoms with Crippen molar-refractivity contribution in [2.45, 2.75) is 18.4 Å². The summed E-state index contributed by atoms with van der Waals surface area (Å²) in [5.74, 6) is -1.48. The van der Waals surface area contributed by atoms with E-state index in [1.807, 2.05) is 6.07 Å². The number of ether oxygens (including phenoxy) is 1. The number of carboxylic acids is 1. The van der Waals surface area contributed by atoms with Gasteiger partial charge in [0.25, 0.3) is 0 Å². The van der Waals surface area contributed by atoms with Crippen LogP contribution in [0.1, 0.15) is 5.56 Å². The summed E-state index contributed by atoms with van der Waals surface area (Å²) in [4.78, 5) is 20.6. The van der Waals surface area contributed by atoms with Gasteiger partial charge in [0.2, 0.25) is 0 Å². The van der Waals surface area contributed by atoms with Crippen molar-refractivity contribution in [1.82, 2.24) is 9.97 Å². The van der Waals surface area contributed by atoms with Crippen molar-refractivity contribution >= 4 is 22.7 Å². The maximum atomic E-state index is 13.1. The number of rotatable bonds is 2. The molecule has 1 aromatic heterocycles. The third-order valence-electron chi connectivity index (χ3n) is 3.81. The van der Waals surface area contributed by atoms with E-state index in [0.29, 0.717) is 0 Å². The topological polar surface area (TPSA) is 99.3 Å². The normalized spacial score (nSPS) is 21.1. The largest absolute Gasteiger partial charge is 0.479 e. The van der Waals surface area contributed by atoms with E-state index in [1.165, 1.54) is 29.4 Å². The first-order chi connectivity index (χ1) is 11.8. The fourth-order valence-electron chi connectivity index (χ4n) is 2.66. The number of aliphatic carboxylic acids is 1. The lowest BCUT2D eigenvalue weighted by atomic mass is 10.1. The molecule has 1 aliphatic heterocycles. The Labute approximate surface area is 139 Å². The number of halogens is 3. The second-order valence-electron chi connectivity index (χ2n) is 5.40. The molecular formula is C15H11F3N4O3. The van der Waals surface area contributed by atoms with E-state index < -0.39 is 30.9 Å². The summed E-state index contributed by atoms with van der Waals surface area (Å²) in [6.07, 6.45) is -5.87. The molecule has 25 heavy (non-hydrogen) atoms. The molecule has 3 rings (SSSR count). The Kier molecular flexibility index (Phi) is 4.18. The molecule has 0 aliphatic carbocycles. The summed E-state index contributed by atoms with van der Waals surface area (Å²) < 4.78 is 43.9. The van der Waals surface area contributed by atoms with Crippen LogP contribution in [0.3, 0.4) is 0 Å². The highest BCUT2D eigenvalue weighted by molar-refractivity contribution is 5.92. The zero-order valence-electron chi connectivity index (χ0n) is 12.6. The molecule has 0 spiro atoms. The standard InChI is InChI=1S/C15H11F3N4O3/c16-15(17,18)11-7-22(6-10(25-11)14(23)24)9-2-1-8(5-19)12-13(9)21-4-3-20-12/h1-4,10-11H,6-7H2,(H,23,24)/t10-,11+/m1/s1. The molecule has 7 nitrogen and oxygen atoms in total. The van der Waals surface area contributed by atoms with Gasteiger partial charge in [-0.1, -0.05) is 0 Å². The van der Waals surface area contributed by atoms with Crippen LogP contribution in [0.4, 0.5) is 18.9 Å². The number of benzene rings is 1. The van der Waals surface area contributed by atoms with Crippen LogP contribution >= 0.6 is 0 Å². The van der Waals surface area contributed by atoms with Gasteiger partial charge in [0, 0.05) is 12.4 Å². The average molecular weight is 352 g/mol. The lowest BCUT2D eigenvalue weighted by molar-refractivity contribution is -0.236. The fraction of sp³-hybridized carbons (Fsp3) is 0.333. The third kappa shape index (κ3) is 3.18. The molecule has 0 amide bonds. The van der Waals surface area contributed by atoms with E-state index in [2.05, 4.69) is 14.7 Å². The summed E-state index contributed by atoms with van der Waals surface area (Å²) >= 11 is 0. The Morgan fingerprint density at radius 3 is 2.56 bits per heavy atom. The molecule has 0 bridgehead atoms. The highest BCUT2D eigenvalue weighted by Gasteiger charge is 2.47. The van der Waals surface area contributed by atoms with Crippen LogP contribution in [-0.2, 0) is 9.53 Å². The Hall–Kier alpha value is -2.93. The van der Waals surface area contributed by atoms with Crippen LogP contribution in [-0.4, -0.2) is 52.5 Å². The van der Waals surface area contributed by atoms with Gasteiger partial charge in [0.15, 0.2) is 12.2 Å². The molecule has 0 unspecified atom stereocenters. The first kappa shape index (κ1) is 16.9. The van der Waals surface area contributed by atoms with Crippen molar-refractivity contribution in [1.29, 1.82) is 5.26 Å². The molecule has 2 aromatic rings. The van der Waals surface area contributed by atoms with Crippen molar-refractivity contribution in [3.63, 3.8) is 0 Å². The van der Waals surface area contributed by atoms with Crippen molar-refractivity contribution in [3.05, 3.63) is 30.1 Å². The number of carboxylic acid groups (broad SMARTS) is 1. The second kappa shape index (κ2) is 6.18. The molecule has 1 aliphatic rings. The smallest absolute Gasteiger partial charge is 0.416 e. The molecule has 10 heteroatoms. The van der Waals surface area contributed by atoms with Gasteiger partial charge in [-0.05, 0) is 12.1 Å². The van der Waals surface area contributed by atoms with E-state index in [4.69, 9.17) is 10.4 Å². The van der Waals surface area contributed by atoms with Crippen LogP contribution < -0.4 is 4.90 Å². The molecular weight excluding hydrogens is 341 g/mol. The van der Waals surface area contributed by atoms with Gasteiger partial charge in [-0.3, -0.25) is 9.97 Å². The maximum Gasteiger partial charge on any atom is 0.416 e. The van der Waals surface area contributed by atoms with Gasteiger partial charge >= 0.3 is 12.1 Å². The minimum absolute atomic E-state index is 0.224. The fourth-order valence-corrected chi connectivity index (χ4v) is 2.66. The molecule has 2 atom stereocenters. The monoisotopic (exact) mass is 352 g/mol. The van der Waals surface area contributed by atoms with E-state index in [0.717, 1.165) is 0 Å². The quantitative estimate of drug-likeness (QED) is 0.878. The summed E-state index contributed by atoms with van der Waals surface area (Å²) in [6, 6.07) is 4.79. The predicted octanol–water partition coefficient (Wildman–Crippen LogP) is 1.72. The van der Waals surface area contributed by atoms with Crippen LogP contribution in [0.25, 0.3) is 11.0 Å². The van der Waals surface area contributed by atoms with Gasteiger partial charge in [0.05, 0.1) is 24.3 Å². The number of anilines is 1. The number of nitriles is 1. The van der Waals surface area contributed by atoms with E-state index in [1.54, 1.807) is 0 Å². The average Bonchev–Trinajstić information content (AvgIpc) is 2.59. The Morgan fingerprint density at radius 1 is 1.28 bits per heavy atom. The number of alkyl halides is 3. The van der Waals surface area contributed by atoms with Crippen molar-refractivity contribution in [2.75, 3.05) is 18.0 Å². The van der Waals surface area contributed by atoms with Crippen LogP contribution in [0.2, 0.25) is 0 Å². The van der Waals surface area contributed by atoms with Gasteiger partial charge in [-0.2, -0.15) is 18.4 Å². The van der Waals surface area contributed by atoms with Gasteiger partial charge in [-0.25, -0.2) is 4.79 Å². The zero-order chi connectivity index (χ0) is 18.2. The Morgan fingerprint density at radius 2 is 1.96 bits per heavy atom. The van der Waals surface area contributed by atoms with Crippen molar-refractivity contribution < 1.29 is 27.8 Å². The van der Waals surface area contributed by atoms with E-state index in [-0.39, 0.29) is 28.8 Å². The Bertz CT molecular complexity index is 865. The minimum atomic E-state index is -4.71. The van der Waals surface area contributed by atoms with Crippen LogP contribution in [0, 0.1) is 11.3 Å². The molecule has 1 N–H and O–H groups in total. The highest BCUT2D eigenvalue weighted by Crippen LogP contribution is 2.33. The molecule has 1 saturated heterocycles. The lowest BCUT2D eigenvalue weighted by Crippen LogP contribution is -2.55. The van der Waals surface area contributed by atoms with Crippen LogP contribution in [0.5, 0.6) is 0 Å².